The molecular formula is C17H18N2O4S. The monoisotopic (exact) mass is 346 g/mol. The van der Waals surface area contributed by atoms with Gasteiger partial charge < -0.3 is 15.3 Å². The van der Waals surface area contributed by atoms with Gasteiger partial charge in [0.05, 0.1) is 0 Å². The van der Waals surface area contributed by atoms with Crippen LogP contribution in [-0.4, -0.2) is 50.0 Å². The number of fused-ring (bicyclic) bond motifs is 1. The summed E-state index contributed by atoms with van der Waals surface area (Å²) in [6.07, 6.45) is 3.05. The molecule has 24 heavy (non-hydrogen) atoms. The lowest BCUT2D eigenvalue weighted by Crippen LogP contribution is -2.70. The third kappa shape index (κ3) is 2.80. The summed E-state index contributed by atoms with van der Waals surface area (Å²) >= 11 is 1.41. The molecule has 126 valence electrons. The van der Waals surface area contributed by atoms with E-state index in [2.05, 4.69) is 5.32 Å². The van der Waals surface area contributed by atoms with Gasteiger partial charge in [0.2, 0.25) is 11.8 Å². The van der Waals surface area contributed by atoms with Gasteiger partial charge >= 0.3 is 5.97 Å². The number of β-lactam (4-membered cyclic amide) rings is 1. The van der Waals surface area contributed by atoms with Crippen molar-refractivity contribution in [3.05, 3.63) is 42.0 Å². The molecule has 0 radical (unpaired) electrons. The standard InChI is InChI=1S/C17H18N2O4S/c1-17(2)13(16(22)23)19-14(21)12(15(19)24-17)18-11(20)9-8-10-6-4-3-5-7-10/h3-9,12-13,15H,1-2H3,(H,18,20)(H,22,23)/b9-8-/t12-,13+,15+/m1/s1. The summed E-state index contributed by atoms with van der Waals surface area (Å²) in [5, 5.41) is 11.7. The number of nitrogens with one attached hydrogen (secondary N) is 1. The van der Waals surface area contributed by atoms with Gasteiger partial charge in [-0.1, -0.05) is 30.3 Å². The SMILES string of the molecule is CC1(C)S[C@H]2[C@H](NC(=O)/C=C\c3ccccc3)C(=O)N2[C@H]1C(=O)O. The van der Waals surface area contributed by atoms with Crippen molar-refractivity contribution in [2.24, 2.45) is 0 Å². The third-order valence-corrected chi connectivity index (χ3v) is 5.77. The van der Waals surface area contributed by atoms with Crippen molar-refractivity contribution in [1.82, 2.24) is 10.2 Å². The Morgan fingerprint density at radius 1 is 1.29 bits per heavy atom. The van der Waals surface area contributed by atoms with Crippen molar-refractivity contribution in [1.29, 1.82) is 0 Å². The molecule has 2 heterocycles. The smallest absolute Gasteiger partial charge is 0.327 e. The van der Waals surface area contributed by atoms with Crippen LogP contribution in [0, 0.1) is 0 Å². The molecule has 2 aliphatic rings. The highest BCUT2D eigenvalue weighted by Crippen LogP contribution is 2.50. The van der Waals surface area contributed by atoms with E-state index in [1.165, 1.54) is 22.7 Å². The minimum atomic E-state index is -1.02. The van der Waals surface area contributed by atoms with Crippen molar-refractivity contribution in [3.8, 4) is 0 Å². The Kier molecular flexibility index (Phi) is 4.13. The average Bonchev–Trinajstić information content (AvgIpc) is 2.80. The number of benzene rings is 1. The number of hydrogen-bond donors (Lipinski definition) is 2. The molecule has 0 saturated carbocycles. The van der Waals surface area contributed by atoms with E-state index in [0.29, 0.717) is 0 Å². The van der Waals surface area contributed by atoms with Gasteiger partial charge in [-0.15, -0.1) is 11.8 Å². The second kappa shape index (κ2) is 5.98. The fourth-order valence-corrected chi connectivity index (χ4v) is 4.71. The lowest BCUT2D eigenvalue weighted by molar-refractivity contribution is -0.160. The summed E-state index contributed by atoms with van der Waals surface area (Å²) in [6.45, 7) is 3.60. The Morgan fingerprint density at radius 3 is 2.58 bits per heavy atom. The first-order valence-electron chi connectivity index (χ1n) is 7.58. The predicted octanol–water partition coefficient (Wildman–Crippen LogP) is 1.33. The van der Waals surface area contributed by atoms with Crippen LogP contribution in [0.4, 0.5) is 0 Å². The molecule has 3 rings (SSSR count). The van der Waals surface area contributed by atoms with Crippen LogP contribution in [0.25, 0.3) is 6.08 Å². The maximum absolute atomic E-state index is 12.3. The van der Waals surface area contributed by atoms with E-state index in [0.717, 1.165) is 5.56 Å². The van der Waals surface area contributed by atoms with E-state index in [9.17, 15) is 19.5 Å². The number of aliphatic carboxylic acids is 1. The van der Waals surface area contributed by atoms with Crippen molar-refractivity contribution in [2.45, 2.75) is 36.1 Å². The number of thioether (sulfide) groups is 1. The summed E-state index contributed by atoms with van der Waals surface area (Å²) in [5.74, 6) is -1.72. The summed E-state index contributed by atoms with van der Waals surface area (Å²) in [5.41, 5.74) is 0.886. The van der Waals surface area contributed by atoms with Gasteiger partial charge in [-0.05, 0) is 25.5 Å². The van der Waals surface area contributed by atoms with Crippen molar-refractivity contribution < 1.29 is 19.5 Å². The maximum atomic E-state index is 12.3. The first-order valence-corrected chi connectivity index (χ1v) is 8.45. The molecule has 2 saturated heterocycles. The Balaban J connectivity index is 1.66. The van der Waals surface area contributed by atoms with Gasteiger partial charge in [0.1, 0.15) is 17.5 Å². The normalized spacial score (nSPS) is 27.7. The maximum Gasteiger partial charge on any atom is 0.327 e. The third-order valence-electron chi connectivity index (χ3n) is 4.20. The molecule has 1 aromatic carbocycles. The number of nitrogens with zero attached hydrogens (tertiary/aromatic N) is 1. The van der Waals surface area contributed by atoms with Crippen LogP contribution in [0.1, 0.15) is 19.4 Å². The molecule has 0 bridgehead atoms. The lowest BCUT2D eigenvalue weighted by Gasteiger charge is -2.43. The number of carboxylic acid groups (broad SMARTS) is 1. The molecule has 0 aliphatic carbocycles. The van der Waals surface area contributed by atoms with Gasteiger partial charge in [0.15, 0.2) is 0 Å². The first kappa shape index (κ1) is 16.6. The molecule has 6 nitrogen and oxygen atoms in total. The predicted molar refractivity (Wildman–Crippen MR) is 91.1 cm³/mol. The van der Waals surface area contributed by atoms with Crippen LogP contribution in [-0.2, 0) is 14.4 Å². The summed E-state index contributed by atoms with van der Waals surface area (Å²) < 4.78 is -0.592. The van der Waals surface area contributed by atoms with E-state index in [1.807, 2.05) is 30.3 Å². The Hall–Kier alpha value is -2.28. The Labute approximate surface area is 143 Å². The second-order valence-corrected chi connectivity index (χ2v) is 8.10. The highest BCUT2D eigenvalue weighted by Gasteiger charge is 2.64. The molecular weight excluding hydrogens is 328 g/mol. The second-order valence-electron chi connectivity index (χ2n) is 6.33. The van der Waals surface area contributed by atoms with E-state index in [1.54, 1.807) is 19.9 Å². The molecule has 2 amide bonds. The molecule has 2 N–H and O–H groups in total. The zero-order valence-corrected chi connectivity index (χ0v) is 14.1. The van der Waals surface area contributed by atoms with Crippen LogP contribution in [0.5, 0.6) is 0 Å². The molecule has 0 aromatic heterocycles. The van der Waals surface area contributed by atoms with Crippen molar-refractivity contribution >= 4 is 35.6 Å². The highest BCUT2D eigenvalue weighted by molar-refractivity contribution is 8.01. The molecule has 3 atom stereocenters. The number of carbonyl (C=O) groups excluding carboxylic acids is 2. The van der Waals surface area contributed by atoms with E-state index < -0.39 is 22.8 Å². The zero-order chi connectivity index (χ0) is 17.5. The van der Waals surface area contributed by atoms with E-state index >= 15 is 0 Å². The minimum absolute atomic E-state index is 0.331. The van der Waals surface area contributed by atoms with Crippen LogP contribution in [0.3, 0.4) is 0 Å². The zero-order valence-electron chi connectivity index (χ0n) is 13.3. The minimum Gasteiger partial charge on any atom is -0.480 e. The van der Waals surface area contributed by atoms with Crippen LogP contribution < -0.4 is 5.32 Å². The highest BCUT2D eigenvalue weighted by atomic mass is 32.2. The van der Waals surface area contributed by atoms with Gasteiger partial charge in [-0.25, -0.2) is 4.79 Å². The molecule has 0 spiro atoms. The number of hydrogen-bond acceptors (Lipinski definition) is 4. The summed E-state index contributed by atoms with van der Waals surface area (Å²) in [7, 11) is 0. The molecule has 0 unspecified atom stereocenters. The molecule has 1 aromatic rings. The van der Waals surface area contributed by atoms with Gasteiger partial charge in [0.25, 0.3) is 0 Å². The van der Waals surface area contributed by atoms with Crippen molar-refractivity contribution in [3.63, 3.8) is 0 Å². The Morgan fingerprint density at radius 2 is 1.96 bits per heavy atom. The number of amides is 2. The lowest BCUT2D eigenvalue weighted by atomic mass is 9.96. The van der Waals surface area contributed by atoms with Gasteiger partial charge in [0, 0.05) is 10.8 Å². The topological polar surface area (TPSA) is 86.7 Å². The molecule has 2 fully saturated rings. The van der Waals surface area contributed by atoms with Crippen LogP contribution >= 0.6 is 11.8 Å². The van der Waals surface area contributed by atoms with E-state index in [4.69, 9.17) is 0 Å². The fourth-order valence-electron chi connectivity index (χ4n) is 3.08. The largest absolute Gasteiger partial charge is 0.480 e. The molecule has 2 aliphatic heterocycles. The first-order chi connectivity index (χ1) is 11.3. The summed E-state index contributed by atoms with van der Waals surface area (Å²) in [4.78, 5) is 37.1. The number of carbonyl (C=O) groups is 3. The van der Waals surface area contributed by atoms with Crippen LogP contribution in [0.2, 0.25) is 0 Å². The Bertz CT molecular complexity index is 717. The van der Waals surface area contributed by atoms with Crippen molar-refractivity contribution in [2.75, 3.05) is 0 Å². The number of carboxylic acids is 1. The fraction of sp³-hybridized carbons (Fsp3) is 0.353. The summed E-state index contributed by atoms with van der Waals surface area (Å²) in [6, 6.07) is 7.82. The molecule has 7 heteroatoms. The quantitative estimate of drug-likeness (QED) is 0.634. The van der Waals surface area contributed by atoms with E-state index in [-0.39, 0.29) is 17.2 Å². The number of rotatable bonds is 4. The van der Waals surface area contributed by atoms with Gasteiger partial charge in [-0.3, -0.25) is 9.59 Å². The average molecular weight is 346 g/mol. The van der Waals surface area contributed by atoms with Crippen LogP contribution in [0.15, 0.2) is 36.4 Å². The van der Waals surface area contributed by atoms with Gasteiger partial charge in [-0.2, -0.15) is 0 Å².